The Balaban J connectivity index is 1.74. The maximum atomic E-state index is 11.8. The maximum Gasteiger partial charge on any atom is 0.338 e. The van der Waals surface area contributed by atoms with Gasteiger partial charge in [-0.05, 0) is 36.6 Å². The molecule has 5 heteroatoms. The molecular formula is C17H16BrNO3. The Morgan fingerprint density at radius 2 is 2.32 bits per heavy atom. The second kappa shape index (κ2) is 6.48. The van der Waals surface area contributed by atoms with Gasteiger partial charge in [0.15, 0.2) is 0 Å². The zero-order valence-electron chi connectivity index (χ0n) is 12.2. The van der Waals surface area contributed by atoms with Crippen molar-refractivity contribution in [2.24, 2.45) is 0 Å². The Labute approximate surface area is 137 Å². The molecule has 0 fully saturated rings. The molecule has 0 saturated heterocycles. The quantitative estimate of drug-likeness (QED) is 0.778. The number of esters is 1. The van der Waals surface area contributed by atoms with Gasteiger partial charge in [-0.2, -0.15) is 0 Å². The van der Waals surface area contributed by atoms with Crippen LogP contribution in [0.4, 0.5) is 0 Å². The van der Waals surface area contributed by atoms with Crippen LogP contribution in [0.3, 0.4) is 0 Å². The summed E-state index contributed by atoms with van der Waals surface area (Å²) in [5, 5.41) is 0. The summed E-state index contributed by atoms with van der Waals surface area (Å²) in [5.74, 6) is 0.969. The summed E-state index contributed by atoms with van der Waals surface area (Å²) in [6, 6.07) is 7.84. The summed E-state index contributed by atoms with van der Waals surface area (Å²) >= 11 is 3.45. The lowest BCUT2D eigenvalue weighted by Crippen LogP contribution is -2.08. The number of hydrogen-bond acceptors (Lipinski definition) is 4. The van der Waals surface area contributed by atoms with Crippen LogP contribution in [0.5, 0.6) is 5.75 Å². The Kier molecular flexibility index (Phi) is 4.43. The summed E-state index contributed by atoms with van der Waals surface area (Å²) in [5.41, 5.74) is 2.74. The van der Waals surface area contributed by atoms with Gasteiger partial charge in [0.1, 0.15) is 5.75 Å². The minimum absolute atomic E-state index is 0.315. The van der Waals surface area contributed by atoms with E-state index in [9.17, 15) is 4.79 Å². The largest absolute Gasteiger partial charge is 0.493 e. The molecule has 2 heterocycles. The predicted octanol–water partition coefficient (Wildman–Crippen LogP) is 3.74. The number of carbonyl (C=O) groups is 1. The van der Waals surface area contributed by atoms with E-state index < -0.39 is 0 Å². The van der Waals surface area contributed by atoms with Crippen LogP contribution in [-0.4, -0.2) is 24.7 Å². The molecule has 0 saturated carbocycles. The fraction of sp³-hybridized carbons (Fsp3) is 0.294. The highest BCUT2D eigenvalue weighted by atomic mass is 79.9. The lowest BCUT2D eigenvalue weighted by molar-refractivity contribution is 0.0599. The summed E-state index contributed by atoms with van der Waals surface area (Å²) in [4.78, 5) is 15.9. The molecule has 0 aliphatic carbocycles. The van der Waals surface area contributed by atoms with Crippen molar-refractivity contribution in [2.45, 2.75) is 18.8 Å². The molecule has 1 aliphatic heterocycles. The molecule has 1 aliphatic rings. The van der Waals surface area contributed by atoms with Crippen molar-refractivity contribution in [3.63, 3.8) is 0 Å². The van der Waals surface area contributed by atoms with Crippen molar-refractivity contribution in [2.75, 3.05) is 13.7 Å². The van der Waals surface area contributed by atoms with Crippen molar-refractivity contribution in [3.8, 4) is 5.75 Å². The second-order valence-corrected chi connectivity index (χ2v) is 6.17. The third kappa shape index (κ3) is 2.99. The number of rotatable bonds is 4. The van der Waals surface area contributed by atoms with Crippen molar-refractivity contribution in [1.29, 1.82) is 0 Å². The minimum atomic E-state index is -0.315. The van der Waals surface area contributed by atoms with Crippen LogP contribution in [0.25, 0.3) is 0 Å². The number of hydrogen-bond donors (Lipinski definition) is 0. The van der Waals surface area contributed by atoms with E-state index in [-0.39, 0.29) is 5.97 Å². The molecule has 114 valence electrons. The first-order valence-electron chi connectivity index (χ1n) is 7.12. The van der Waals surface area contributed by atoms with Gasteiger partial charge in [-0.3, -0.25) is 4.98 Å². The molecule has 0 amide bonds. The number of fused-ring (bicyclic) bond motifs is 1. The molecule has 1 aromatic heterocycles. The molecule has 0 bridgehead atoms. The highest BCUT2D eigenvalue weighted by Gasteiger charge is 2.24. The Hall–Kier alpha value is -1.88. The summed E-state index contributed by atoms with van der Waals surface area (Å²) in [7, 11) is 1.39. The average Bonchev–Trinajstić information content (AvgIpc) is 2.94. The lowest BCUT2D eigenvalue weighted by Gasteiger charge is -2.11. The van der Waals surface area contributed by atoms with E-state index >= 15 is 0 Å². The number of ether oxygens (including phenoxy) is 2. The molecule has 3 rings (SSSR count). The smallest absolute Gasteiger partial charge is 0.338 e. The number of aryl methyl sites for hydroxylation is 1. The number of nitrogens with zero attached hydrogens (tertiary/aromatic N) is 1. The van der Waals surface area contributed by atoms with Crippen molar-refractivity contribution >= 4 is 21.9 Å². The van der Waals surface area contributed by atoms with Gasteiger partial charge in [0.25, 0.3) is 0 Å². The van der Waals surface area contributed by atoms with E-state index in [1.54, 1.807) is 18.5 Å². The minimum Gasteiger partial charge on any atom is -0.493 e. The second-order valence-electron chi connectivity index (χ2n) is 5.25. The van der Waals surface area contributed by atoms with E-state index in [1.165, 1.54) is 12.7 Å². The third-order valence-electron chi connectivity index (χ3n) is 3.93. The molecule has 22 heavy (non-hydrogen) atoms. The molecule has 1 unspecified atom stereocenters. The van der Waals surface area contributed by atoms with E-state index in [4.69, 9.17) is 9.47 Å². The fourth-order valence-electron chi connectivity index (χ4n) is 2.75. The Morgan fingerprint density at radius 3 is 3.14 bits per heavy atom. The summed E-state index contributed by atoms with van der Waals surface area (Å²) in [6.07, 6.45) is 5.03. The van der Waals surface area contributed by atoms with Gasteiger partial charge >= 0.3 is 5.97 Å². The Bertz CT molecular complexity index is 702. The normalized spacial score (nSPS) is 16.0. The van der Waals surface area contributed by atoms with Crippen LogP contribution in [0.2, 0.25) is 0 Å². The number of aromatic nitrogens is 1. The molecule has 0 spiro atoms. The third-order valence-corrected chi connectivity index (χ3v) is 4.42. The van der Waals surface area contributed by atoms with Crippen LogP contribution in [0, 0.1) is 0 Å². The number of methoxy groups -OCH3 is 1. The number of benzene rings is 1. The average molecular weight is 362 g/mol. The number of carbonyl (C=O) groups excluding carboxylic acids is 1. The maximum absolute atomic E-state index is 11.8. The molecule has 2 aromatic rings. The van der Waals surface area contributed by atoms with Gasteiger partial charge in [-0.15, -0.1) is 0 Å². The molecule has 1 atom stereocenters. The molecule has 0 N–H and O–H groups in total. The van der Waals surface area contributed by atoms with Gasteiger partial charge in [-0.25, -0.2) is 4.79 Å². The van der Waals surface area contributed by atoms with Gasteiger partial charge in [0.2, 0.25) is 0 Å². The zero-order chi connectivity index (χ0) is 15.5. The van der Waals surface area contributed by atoms with Gasteiger partial charge in [0, 0.05) is 28.3 Å². The lowest BCUT2D eigenvalue weighted by atomic mass is 9.93. The standard InChI is InChI=1S/C17H16BrNO3/c1-21-17(20)15-6-7-19-9-11(15)2-3-12-10-22-16-8-13(18)4-5-14(12)16/h4-9,12H,2-3,10H2,1H3. The first kappa shape index (κ1) is 15.0. The van der Waals surface area contributed by atoms with Crippen LogP contribution in [-0.2, 0) is 11.2 Å². The first-order chi connectivity index (χ1) is 10.7. The Morgan fingerprint density at radius 1 is 1.45 bits per heavy atom. The topological polar surface area (TPSA) is 48.4 Å². The first-order valence-corrected chi connectivity index (χ1v) is 7.92. The monoisotopic (exact) mass is 361 g/mol. The highest BCUT2D eigenvalue weighted by molar-refractivity contribution is 9.10. The highest BCUT2D eigenvalue weighted by Crippen LogP contribution is 2.38. The van der Waals surface area contributed by atoms with Crippen LogP contribution >= 0.6 is 15.9 Å². The van der Waals surface area contributed by atoms with E-state index in [0.717, 1.165) is 28.6 Å². The number of pyridine rings is 1. The van der Waals surface area contributed by atoms with Crippen LogP contribution < -0.4 is 4.74 Å². The van der Waals surface area contributed by atoms with Crippen molar-refractivity contribution in [1.82, 2.24) is 4.98 Å². The van der Waals surface area contributed by atoms with Gasteiger partial charge in [0.05, 0.1) is 19.3 Å². The summed E-state index contributed by atoms with van der Waals surface area (Å²) in [6.45, 7) is 0.680. The van der Waals surface area contributed by atoms with Crippen molar-refractivity contribution < 1.29 is 14.3 Å². The molecular weight excluding hydrogens is 346 g/mol. The van der Waals surface area contributed by atoms with Gasteiger partial charge < -0.3 is 9.47 Å². The van der Waals surface area contributed by atoms with Crippen LogP contribution in [0.1, 0.15) is 33.8 Å². The van der Waals surface area contributed by atoms with Crippen molar-refractivity contribution in [3.05, 3.63) is 57.8 Å². The number of halogens is 1. The SMILES string of the molecule is COC(=O)c1ccncc1CCC1COc2cc(Br)ccc21. The van der Waals surface area contributed by atoms with E-state index in [0.29, 0.717) is 18.1 Å². The molecule has 0 radical (unpaired) electrons. The summed E-state index contributed by atoms with van der Waals surface area (Å²) < 4.78 is 11.6. The fourth-order valence-corrected chi connectivity index (χ4v) is 3.09. The predicted molar refractivity (Wildman–Crippen MR) is 86.3 cm³/mol. The van der Waals surface area contributed by atoms with Gasteiger partial charge in [-0.1, -0.05) is 22.0 Å². The zero-order valence-corrected chi connectivity index (χ0v) is 13.8. The molecule has 4 nitrogen and oxygen atoms in total. The van der Waals surface area contributed by atoms with Crippen LogP contribution in [0.15, 0.2) is 41.1 Å². The van der Waals surface area contributed by atoms with E-state index in [1.807, 2.05) is 12.1 Å². The van der Waals surface area contributed by atoms with E-state index in [2.05, 4.69) is 27.0 Å². The molecule has 1 aromatic carbocycles.